The van der Waals surface area contributed by atoms with Gasteiger partial charge in [0.05, 0.1) is 11.3 Å². The molecule has 1 saturated heterocycles. The molecule has 164 valence electrons. The molecule has 1 fully saturated rings. The summed E-state index contributed by atoms with van der Waals surface area (Å²) in [5.41, 5.74) is 2.01. The molecule has 0 N–H and O–H groups in total. The zero-order valence-electron chi connectivity index (χ0n) is 17.1. The quantitative estimate of drug-likeness (QED) is 0.557. The maximum atomic E-state index is 12.7. The van der Waals surface area contributed by atoms with Gasteiger partial charge < -0.3 is 9.32 Å². The number of oxazole rings is 1. The Hall–Kier alpha value is -2.91. The molecule has 0 aliphatic carbocycles. The molecule has 0 unspecified atom stereocenters. The van der Waals surface area contributed by atoms with Crippen LogP contribution >= 0.6 is 0 Å². The first-order valence-corrected chi connectivity index (χ1v) is 11.9. The highest BCUT2D eigenvalue weighted by molar-refractivity contribution is 7.88. The van der Waals surface area contributed by atoms with E-state index in [1.54, 1.807) is 29.2 Å². The summed E-state index contributed by atoms with van der Waals surface area (Å²) in [7, 11) is -3.41. The number of piperazine rings is 1. The molecule has 1 aliphatic rings. The number of carbonyl (C=O) groups excluding carboxylic acids is 1. The van der Waals surface area contributed by atoms with Crippen molar-refractivity contribution in [2.24, 2.45) is 0 Å². The van der Waals surface area contributed by atoms with Crippen LogP contribution in [-0.2, 0) is 27.1 Å². The van der Waals surface area contributed by atoms with Crippen LogP contribution in [0.1, 0.15) is 18.4 Å². The molecule has 0 radical (unpaired) electrons. The molecule has 2 heterocycles. The average Bonchev–Trinajstić information content (AvgIpc) is 3.09. The molecule has 2 aromatic carbocycles. The fraction of sp³-hybridized carbons (Fsp3) is 0.364. The Morgan fingerprint density at radius 2 is 1.61 bits per heavy atom. The number of carbonyl (C=O) groups is 1. The molecule has 0 bridgehead atoms. The summed E-state index contributed by atoms with van der Waals surface area (Å²) in [5, 5.41) is 0. The number of benzene rings is 2. The Morgan fingerprint density at radius 1 is 0.935 bits per heavy atom. The molecule has 9 heteroatoms. The van der Waals surface area contributed by atoms with Gasteiger partial charge in [-0.2, -0.15) is 4.31 Å². The summed E-state index contributed by atoms with van der Waals surface area (Å²) in [6.45, 7) is 1.75. The minimum atomic E-state index is -3.41. The topological polar surface area (TPSA) is 92.8 Å². The molecule has 1 aliphatic heterocycles. The van der Waals surface area contributed by atoms with E-state index >= 15 is 0 Å². The van der Waals surface area contributed by atoms with Crippen LogP contribution in [0.2, 0.25) is 0 Å². The fourth-order valence-electron chi connectivity index (χ4n) is 3.86. The van der Waals surface area contributed by atoms with Crippen molar-refractivity contribution in [2.45, 2.75) is 25.1 Å². The van der Waals surface area contributed by atoms with Crippen molar-refractivity contribution in [2.75, 3.05) is 26.2 Å². The van der Waals surface area contributed by atoms with Crippen molar-refractivity contribution in [3.8, 4) is 0 Å². The third-order valence-corrected chi connectivity index (χ3v) is 7.37. The molecule has 1 amide bonds. The number of hydrogen-bond donors (Lipinski definition) is 0. The van der Waals surface area contributed by atoms with Crippen LogP contribution in [0.5, 0.6) is 0 Å². The lowest BCUT2D eigenvalue weighted by Crippen LogP contribution is -2.50. The molecule has 8 nitrogen and oxygen atoms in total. The van der Waals surface area contributed by atoms with E-state index in [0.717, 1.165) is 11.1 Å². The second-order valence-corrected chi connectivity index (χ2v) is 9.58. The Kier molecular flexibility index (Phi) is 6.24. The highest BCUT2D eigenvalue weighted by Crippen LogP contribution is 2.15. The van der Waals surface area contributed by atoms with Gasteiger partial charge in [-0.05, 0) is 24.1 Å². The molecular weight excluding hydrogens is 418 g/mol. The minimum Gasteiger partial charge on any atom is -0.408 e. The van der Waals surface area contributed by atoms with Crippen LogP contribution in [0, 0.1) is 0 Å². The number of rotatable bonds is 7. The number of fused-ring (bicyclic) bond motifs is 1. The number of para-hydroxylation sites is 2. The van der Waals surface area contributed by atoms with E-state index < -0.39 is 15.8 Å². The zero-order chi connectivity index (χ0) is 21.8. The summed E-state index contributed by atoms with van der Waals surface area (Å²) in [4.78, 5) is 26.3. The van der Waals surface area contributed by atoms with Crippen molar-refractivity contribution in [1.29, 1.82) is 0 Å². The number of aryl methyl sites for hydroxylation is 1. The van der Waals surface area contributed by atoms with E-state index in [1.807, 2.05) is 30.3 Å². The summed E-state index contributed by atoms with van der Waals surface area (Å²) in [5.74, 6) is -0.485. The predicted octanol–water partition coefficient (Wildman–Crippen LogP) is 2.05. The van der Waals surface area contributed by atoms with Gasteiger partial charge >= 0.3 is 5.76 Å². The van der Waals surface area contributed by atoms with Crippen molar-refractivity contribution >= 4 is 27.0 Å². The van der Waals surface area contributed by atoms with Crippen molar-refractivity contribution < 1.29 is 17.6 Å². The van der Waals surface area contributed by atoms with E-state index in [-0.39, 0.29) is 11.7 Å². The van der Waals surface area contributed by atoms with Gasteiger partial charge in [0.1, 0.15) is 0 Å². The standard InChI is InChI=1S/C22H25N3O5S/c26-21(11-6-12-25-19-9-4-5-10-20(19)30-22(25)27)23-13-15-24(16-14-23)31(28,29)17-18-7-2-1-3-8-18/h1-5,7-10H,6,11-17H2. The van der Waals surface area contributed by atoms with Gasteiger partial charge in [-0.3, -0.25) is 9.36 Å². The van der Waals surface area contributed by atoms with Gasteiger partial charge in [0.25, 0.3) is 0 Å². The van der Waals surface area contributed by atoms with Crippen molar-refractivity contribution in [1.82, 2.24) is 13.8 Å². The van der Waals surface area contributed by atoms with E-state index in [2.05, 4.69) is 0 Å². The van der Waals surface area contributed by atoms with Gasteiger partial charge in [0.2, 0.25) is 15.9 Å². The van der Waals surface area contributed by atoms with Gasteiger partial charge in [-0.25, -0.2) is 13.2 Å². The van der Waals surface area contributed by atoms with Crippen LogP contribution in [0.15, 0.2) is 63.8 Å². The number of hydrogen-bond acceptors (Lipinski definition) is 5. The maximum Gasteiger partial charge on any atom is 0.419 e. The summed E-state index contributed by atoms with van der Waals surface area (Å²) < 4.78 is 33.5. The van der Waals surface area contributed by atoms with E-state index in [9.17, 15) is 18.0 Å². The minimum absolute atomic E-state index is 0.0269. The highest BCUT2D eigenvalue weighted by Gasteiger charge is 2.28. The molecule has 0 saturated carbocycles. The van der Waals surface area contributed by atoms with Crippen molar-refractivity contribution in [3.63, 3.8) is 0 Å². The van der Waals surface area contributed by atoms with Crippen LogP contribution in [-0.4, -0.2) is 54.3 Å². The van der Waals surface area contributed by atoms with E-state index in [0.29, 0.717) is 51.1 Å². The smallest absolute Gasteiger partial charge is 0.408 e. The summed E-state index contributed by atoms with van der Waals surface area (Å²) in [6.07, 6.45) is 0.803. The van der Waals surface area contributed by atoms with E-state index in [1.165, 1.54) is 8.87 Å². The molecular formula is C22H25N3O5S. The first-order valence-electron chi connectivity index (χ1n) is 10.3. The molecule has 0 spiro atoms. The number of aromatic nitrogens is 1. The number of amides is 1. The maximum absolute atomic E-state index is 12.7. The Labute approximate surface area is 180 Å². The third kappa shape index (κ3) is 4.88. The SMILES string of the molecule is O=C(CCCn1c(=O)oc2ccccc21)N1CCN(S(=O)(=O)Cc2ccccc2)CC1. The van der Waals surface area contributed by atoms with Gasteiger partial charge in [0, 0.05) is 39.1 Å². The van der Waals surface area contributed by atoms with Crippen LogP contribution < -0.4 is 5.76 Å². The first kappa shape index (κ1) is 21.3. The highest BCUT2D eigenvalue weighted by atomic mass is 32.2. The lowest BCUT2D eigenvalue weighted by Gasteiger charge is -2.34. The lowest BCUT2D eigenvalue weighted by atomic mass is 10.2. The fourth-order valence-corrected chi connectivity index (χ4v) is 5.38. The Bertz CT molecular complexity index is 1210. The second-order valence-electron chi connectivity index (χ2n) is 7.61. The predicted molar refractivity (Wildman–Crippen MR) is 117 cm³/mol. The van der Waals surface area contributed by atoms with E-state index in [4.69, 9.17) is 4.42 Å². The second kappa shape index (κ2) is 9.07. The normalized spacial score (nSPS) is 15.4. The molecule has 0 atom stereocenters. The van der Waals surface area contributed by atoms with Crippen molar-refractivity contribution in [3.05, 3.63) is 70.7 Å². The Balaban J connectivity index is 1.27. The van der Waals surface area contributed by atoms with Crippen LogP contribution in [0.4, 0.5) is 0 Å². The lowest BCUT2D eigenvalue weighted by molar-refractivity contribution is -0.132. The van der Waals surface area contributed by atoms with Crippen LogP contribution in [0.25, 0.3) is 11.1 Å². The Morgan fingerprint density at radius 3 is 2.35 bits per heavy atom. The average molecular weight is 444 g/mol. The summed E-state index contributed by atoms with van der Waals surface area (Å²) in [6, 6.07) is 16.3. The number of sulfonamides is 1. The monoisotopic (exact) mass is 443 g/mol. The van der Waals surface area contributed by atoms with Crippen LogP contribution in [0.3, 0.4) is 0 Å². The largest absolute Gasteiger partial charge is 0.419 e. The van der Waals surface area contributed by atoms with Gasteiger partial charge in [-0.1, -0.05) is 42.5 Å². The van der Waals surface area contributed by atoms with Gasteiger partial charge in [0.15, 0.2) is 5.58 Å². The summed E-state index contributed by atoms with van der Waals surface area (Å²) >= 11 is 0. The first-order chi connectivity index (χ1) is 14.9. The van der Waals surface area contributed by atoms with Gasteiger partial charge in [-0.15, -0.1) is 0 Å². The third-order valence-electron chi connectivity index (χ3n) is 5.52. The number of nitrogens with zero attached hydrogens (tertiary/aromatic N) is 3. The molecule has 3 aromatic rings. The zero-order valence-corrected chi connectivity index (χ0v) is 18.0. The molecule has 1 aromatic heterocycles. The molecule has 4 rings (SSSR count). The molecule has 31 heavy (non-hydrogen) atoms.